The number of rotatable bonds is 7. The molecule has 1 aliphatic rings. The summed E-state index contributed by atoms with van der Waals surface area (Å²) in [5.74, 6) is 1.75. The van der Waals surface area contributed by atoms with E-state index in [9.17, 15) is 4.79 Å². The summed E-state index contributed by atoms with van der Waals surface area (Å²) in [7, 11) is 1.56. The zero-order valence-corrected chi connectivity index (χ0v) is 15.3. The van der Waals surface area contributed by atoms with Gasteiger partial charge in [0.2, 0.25) is 0 Å². The number of ether oxygens (including phenoxy) is 3. The summed E-state index contributed by atoms with van der Waals surface area (Å²) in [6.07, 6.45) is 4.93. The molecule has 2 aromatic rings. The molecule has 0 aromatic heterocycles. The van der Waals surface area contributed by atoms with Gasteiger partial charge in [-0.05, 0) is 62.9 Å². The minimum Gasteiger partial charge on any atom is -0.493 e. The van der Waals surface area contributed by atoms with Crippen molar-refractivity contribution >= 4 is 11.6 Å². The third-order valence-corrected chi connectivity index (χ3v) is 4.42. The monoisotopic (exact) mass is 355 g/mol. The first-order valence-electron chi connectivity index (χ1n) is 9.08. The average molecular weight is 355 g/mol. The van der Waals surface area contributed by atoms with Crippen LogP contribution in [0.4, 0.5) is 5.69 Å². The van der Waals surface area contributed by atoms with Crippen molar-refractivity contribution in [3.63, 3.8) is 0 Å². The summed E-state index contributed by atoms with van der Waals surface area (Å²) in [6, 6.07) is 12.7. The Morgan fingerprint density at radius 3 is 2.65 bits per heavy atom. The zero-order chi connectivity index (χ0) is 18.4. The molecule has 1 aliphatic carbocycles. The fourth-order valence-electron chi connectivity index (χ4n) is 3.13. The van der Waals surface area contributed by atoms with E-state index in [1.807, 2.05) is 31.2 Å². The van der Waals surface area contributed by atoms with E-state index in [1.165, 1.54) is 12.8 Å². The molecular formula is C21H25NO4. The number of methoxy groups -OCH3 is 1. The fraction of sp³-hybridized carbons (Fsp3) is 0.381. The molecule has 5 heteroatoms. The Morgan fingerprint density at radius 2 is 1.92 bits per heavy atom. The van der Waals surface area contributed by atoms with E-state index < -0.39 is 0 Å². The zero-order valence-electron chi connectivity index (χ0n) is 15.3. The van der Waals surface area contributed by atoms with Gasteiger partial charge in [0.1, 0.15) is 5.75 Å². The van der Waals surface area contributed by atoms with Gasteiger partial charge in [0.15, 0.2) is 11.5 Å². The standard InChI is InChI=1S/C21H25NO4/c1-3-25-19-12-11-15(13-20(19)24-2)21(23)22-16-7-6-10-18(14-16)26-17-8-4-5-9-17/h6-7,10-14,17H,3-5,8-9H2,1-2H3,(H,22,23). The lowest BCUT2D eigenvalue weighted by Gasteiger charge is -2.14. The molecule has 3 rings (SSSR count). The highest BCUT2D eigenvalue weighted by atomic mass is 16.5. The van der Waals surface area contributed by atoms with Crippen molar-refractivity contribution in [1.82, 2.24) is 0 Å². The van der Waals surface area contributed by atoms with Crippen LogP contribution in [0.2, 0.25) is 0 Å². The number of carbonyl (C=O) groups excluding carboxylic acids is 1. The molecule has 1 amide bonds. The van der Waals surface area contributed by atoms with E-state index in [4.69, 9.17) is 14.2 Å². The molecular weight excluding hydrogens is 330 g/mol. The molecule has 1 N–H and O–H groups in total. The molecule has 0 bridgehead atoms. The van der Waals surface area contributed by atoms with Crippen LogP contribution in [-0.2, 0) is 0 Å². The predicted molar refractivity (Wildman–Crippen MR) is 101 cm³/mol. The van der Waals surface area contributed by atoms with Crippen molar-refractivity contribution < 1.29 is 19.0 Å². The molecule has 0 radical (unpaired) electrons. The molecule has 5 nitrogen and oxygen atoms in total. The predicted octanol–water partition coefficient (Wildman–Crippen LogP) is 4.67. The van der Waals surface area contributed by atoms with Crippen molar-refractivity contribution in [3.8, 4) is 17.2 Å². The van der Waals surface area contributed by atoms with Gasteiger partial charge in [-0.25, -0.2) is 0 Å². The van der Waals surface area contributed by atoms with Crippen LogP contribution in [0.3, 0.4) is 0 Å². The molecule has 0 aliphatic heterocycles. The third kappa shape index (κ3) is 4.48. The minimum absolute atomic E-state index is 0.204. The second kappa shape index (κ2) is 8.61. The fourth-order valence-corrected chi connectivity index (χ4v) is 3.13. The van der Waals surface area contributed by atoms with Gasteiger partial charge in [0.05, 0.1) is 19.8 Å². The Balaban J connectivity index is 1.69. The van der Waals surface area contributed by atoms with E-state index in [0.717, 1.165) is 18.6 Å². The number of anilines is 1. The van der Waals surface area contributed by atoms with Crippen LogP contribution < -0.4 is 19.5 Å². The maximum atomic E-state index is 12.6. The topological polar surface area (TPSA) is 56.8 Å². The number of hydrogen-bond donors (Lipinski definition) is 1. The van der Waals surface area contributed by atoms with Crippen LogP contribution in [-0.4, -0.2) is 25.7 Å². The highest BCUT2D eigenvalue weighted by Gasteiger charge is 2.17. The van der Waals surface area contributed by atoms with Gasteiger partial charge in [-0.15, -0.1) is 0 Å². The first-order chi connectivity index (χ1) is 12.7. The first-order valence-corrected chi connectivity index (χ1v) is 9.08. The lowest BCUT2D eigenvalue weighted by atomic mass is 10.1. The van der Waals surface area contributed by atoms with Crippen molar-refractivity contribution in [2.24, 2.45) is 0 Å². The smallest absolute Gasteiger partial charge is 0.255 e. The molecule has 1 fully saturated rings. The van der Waals surface area contributed by atoms with Gasteiger partial charge in [-0.1, -0.05) is 6.07 Å². The summed E-state index contributed by atoms with van der Waals surface area (Å²) in [5, 5.41) is 2.91. The molecule has 0 unspecified atom stereocenters. The molecule has 138 valence electrons. The van der Waals surface area contributed by atoms with E-state index in [0.29, 0.717) is 29.4 Å². The summed E-state index contributed by atoms with van der Waals surface area (Å²) in [5.41, 5.74) is 1.21. The van der Waals surface area contributed by atoms with Gasteiger partial charge < -0.3 is 19.5 Å². The normalized spacial score (nSPS) is 14.1. The van der Waals surface area contributed by atoms with E-state index in [2.05, 4.69) is 5.32 Å². The highest BCUT2D eigenvalue weighted by molar-refractivity contribution is 6.04. The summed E-state index contributed by atoms with van der Waals surface area (Å²) in [6.45, 7) is 2.44. The van der Waals surface area contributed by atoms with Gasteiger partial charge in [0, 0.05) is 17.3 Å². The number of carbonyl (C=O) groups is 1. The number of amides is 1. The number of nitrogens with one attached hydrogen (secondary N) is 1. The first kappa shape index (κ1) is 18.1. The van der Waals surface area contributed by atoms with Gasteiger partial charge >= 0.3 is 0 Å². The molecule has 0 atom stereocenters. The quantitative estimate of drug-likeness (QED) is 0.784. The highest BCUT2D eigenvalue weighted by Crippen LogP contribution is 2.29. The van der Waals surface area contributed by atoms with Crippen LogP contribution in [0, 0.1) is 0 Å². The summed E-state index contributed by atoms with van der Waals surface area (Å²) in [4.78, 5) is 12.6. The van der Waals surface area contributed by atoms with Crippen LogP contribution in [0.25, 0.3) is 0 Å². The molecule has 0 heterocycles. The number of hydrogen-bond acceptors (Lipinski definition) is 4. The van der Waals surface area contributed by atoms with Crippen molar-refractivity contribution in [2.45, 2.75) is 38.7 Å². The molecule has 0 spiro atoms. The Bertz CT molecular complexity index is 753. The maximum absolute atomic E-state index is 12.6. The average Bonchev–Trinajstić information content (AvgIpc) is 3.15. The van der Waals surface area contributed by atoms with Crippen LogP contribution in [0.1, 0.15) is 43.0 Å². The Kier molecular flexibility index (Phi) is 6.00. The SMILES string of the molecule is CCOc1ccc(C(=O)Nc2cccc(OC3CCCC3)c2)cc1OC. The van der Waals surface area contributed by atoms with E-state index in [-0.39, 0.29) is 12.0 Å². The summed E-state index contributed by atoms with van der Waals surface area (Å²) < 4.78 is 16.8. The Morgan fingerprint density at radius 1 is 1.12 bits per heavy atom. The van der Waals surface area contributed by atoms with E-state index in [1.54, 1.807) is 25.3 Å². The van der Waals surface area contributed by atoms with Gasteiger partial charge in [0.25, 0.3) is 5.91 Å². The van der Waals surface area contributed by atoms with Gasteiger partial charge in [-0.2, -0.15) is 0 Å². The lowest BCUT2D eigenvalue weighted by Crippen LogP contribution is -2.13. The third-order valence-electron chi connectivity index (χ3n) is 4.42. The maximum Gasteiger partial charge on any atom is 0.255 e. The largest absolute Gasteiger partial charge is 0.493 e. The number of benzene rings is 2. The molecule has 0 saturated heterocycles. The summed E-state index contributed by atoms with van der Waals surface area (Å²) >= 11 is 0. The van der Waals surface area contributed by atoms with E-state index >= 15 is 0 Å². The van der Waals surface area contributed by atoms with Crippen LogP contribution in [0.15, 0.2) is 42.5 Å². The van der Waals surface area contributed by atoms with Crippen molar-refractivity contribution in [2.75, 3.05) is 19.0 Å². The molecule has 1 saturated carbocycles. The second-order valence-electron chi connectivity index (χ2n) is 6.30. The molecule has 26 heavy (non-hydrogen) atoms. The van der Waals surface area contributed by atoms with Crippen molar-refractivity contribution in [1.29, 1.82) is 0 Å². The van der Waals surface area contributed by atoms with Crippen molar-refractivity contribution in [3.05, 3.63) is 48.0 Å². The second-order valence-corrected chi connectivity index (χ2v) is 6.30. The van der Waals surface area contributed by atoms with Crippen LogP contribution >= 0.6 is 0 Å². The minimum atomic E-state index is -0.204. The Labute approximate surface area is 154 Å². The Hall–Kier alpha value is -2.69. The van der Waals surface area contributed by atoms with Crippen LogP contribution in [0.5, 0.6) is 17.2 Å². The lowest BCUT2D eigenvalue weighted by molar-refractivity contribution is 0.102. The molecule has 2 aromatic carbocycles. The van der Waals surface area contributed by atoms with Gasteiger partial charge in [-0.3, -0.25) is 4.79 Å².